The van der Waals surface area contributed by atoms with Crippen molar-refractivity contribution in [2.24, 2.45) is 0 Å². The van der Waals surface area contributed by atoms with E-state index in [1.54, 1.807) is 0 Å². The molecule has 1 aliphatic heterocycles. The third-order valence-electron chi connectivity index (χ3n) is 4.91. The molecule has 1 heterocycles. The van der Waals surface area contributed by atoms with Gasteiger partial charge in [0.1, 0.15) is 0 Å². The van der Waals surface area contributed by atoms with Crippen LogP contribution in [0.4, 0.5) is 0 Å². The molecule has 0 N–H and O–H groups in total. The lowest BCUT2D eigenvalue weighted by Crippen LogP contribution is -2.36. The van der Waals surface area contributed by atoms with Gasteiger partial charge in [0.2, 0.25) is 0 Å². The third-order valence-corrected chi connectivity index (χ3v) is 4.91. The van der Waals surface area contributed by atoms with Crippen LogP contribution in [0.5, 0.6) is 0 Å². The number of ether oxygens (including phenoxy) is 1. The van der Waals surface area contributed by atoms with Crippen molar-refractivity contribution in [2.45, 2.75) is 104 Å². The Kier molecular flexibility index (Phi) is 14.9. The topological polar surface area (TPSA) is 15.8 Å². The molecule has 134 valence electrons. The summed E-state index contributed by atoms with van der Waals surface area (Å²) in [5.41, 5.74) is 0. The lowest BCUT2D eigenvalue weighted by atomic mass is 10.0. The Bertz CT molecular complexity index is 229. The van der Waals surface area contributed by atoms with Crippen molar-refractivity contribution in [1.82, 2.24) is 4.90 Å². The van der Waals surface area contributed by atoms with Gasteiger partial charge in [0, 0.05) is 6.04 Å². The van der Waals surface area contributed by atoms with Crippen LogP contribution in [0.15, 0.2) is 0 Å². The van der Waals surface area contributed by atoms with Gasteiger partial charge in [-0.05, 0) is 25.9 Å². The predicted molar refractivity (Wildman–Crippen MR) is 100 cm³/mol. The van der Waals surface area contributed by atoms with Crippen molar-refractivity contribution in [3.63, 3.8) is 0 Å². The van der Waals surface area contributed by atoms with Crippen LogP contribution in [0, 0.1) is 0 Å². The van der Waals surface area contributed by atoms with Crippen molar-refractivity contribution in [1.29, 1.82) is 0 Å². The molecular weight excluding hydrogens is 294 g/mol. The fourth-order valence-corrected chi connectivity index (χ4v) is 3.39. The second-order valence-electron chi connectivity index (χ2n) is 6.68. The number of nitrogens with zero attached hydrogens (tertiary/aromatic N) is 1. The van der Waals surface area contributed by atoms with E-state index < -0.39 is 0 Å². The monoisotopic (exact) mass is 333 g/mol. The second kappa shape index (κ2) is 14.8. The van der Waals surface area contributed by atoms with E-state index in [0.29, 0.717) is 6.10 Å². The third kappa shape index (κ3) is 10.9. The number of epoxide rings is 1. The molecule has 0 radical (unpaired) electrons. The first kappa shape index (κ1) is 22.2. The Labute approximate surface area is 145 Å². The van der Waals surface area contributed by atoms with Crippen LogP contribution in [0.25, 0.3) is 0 Å². The highest BCUT2D eigenvalue weighted by atomic mass is 35.5. The molecule has 0 spiro atoms. The first-order valence-electron chi connectivity index (χ1n) is 9.67. The van der Waals surface area contributed by atoms with Gasteiger partial charge in [0.05, 0.1) is 12.7 Å². The summed E-state index contributed by atoms with van der Waals surface area (Å²) >= 11 is 0. The maximum atomic E-state index is 5.44. The molecule has 3 heteroatoms. The van der Waals surface area contributed by atoms with Crippen molar-refractivity contribution in [3.8, 4) is 0 Å². The molecule has 0 aromatic heterocycles. The van der Waals surface area contributed by atoms with E-state index in [0.717, 1.165) is 12.6 Å². The largest absolute Gasteiger partial charge is 0.373 e. The molecule has 0 saturated carbocycles. The molecule has 0 amide bonds. The maximum Gasteiger partial charge on any atom is 0.0824 e. The smallest absolute Gasteiger partial charge is 0.0824 e. The van der Waals surface area contributed by atoms with E-state index in [2.05, 4.69) is 25.7 Å². The summed E-state index contributed by atoms with van der Waals surface area (Å²) in [6.45, 7) is 10.3. The zero-order valence-electron chi connectivity index (χ0n) is 15.3. The minimum Gasteiger partial charge on any atom is -0.373 e. The fourth-order valence-electron chi connectivity index (χ4n) is 3.39. The Morgan fingerprint density at radius 2 is 1.36 bits per heavy atom. The minimum absolute atomic E-state index is 0. The minimum atomic E-state index is 0. The van der Waals surface area contributed by atoms with Crippen LogP contribution < -0.4 is 0 Å². The van der Waals surface area contributed by atoms with Gasteiger partial charge in [-0.2, -0.15) is 0 Å². The molecule has 22 heavy (non-hydrogen) atoms. The molecule has 1 aliphatic rings. The molecule has 1 saturated heterocycles. The van der Waals surface area contributed by atoms with Gasteiger partial charge >= 0.3 is 0 Å². The van der Waals surface area contributed by atoms with Gasteiger partial charge in [0.15, 0.2) is 0 Å². The Morgan fingerprint density at radius 1 is 0.864 bits per heavy atom. The number of rotatable bonds is 15. The van der Waals surface area contributed by atoms with E-state index in [4.69, 9.17) is 4.74 Å². The Morgan fingerprint density at radius 3 is 1.82 bits per heavy atom. The predicted octanol–water partition coefficient (Wildman–Crippen LogP) is 5.83. The summed E-state index contributed by atoms with van der Waals surface area (Å²) in [7, 11) is 0. The lowest BCUT2D eigenvalue weighted by Gasteiger charge is -2.29. The number of hydrogen-bond donors (Lipinski definition) is 0. The van der Waals surface area contributed by atoms with Gasteiger partial charge in [-0.25, -0.2) is 0 Å². The van der Waals surface area contributed by atoms with Crippen LogP contribution in [0.2, 0.25) is 0 Å². The molecule has 0 bridgehead atoms. The van der Waals surface area contributed by atoms with E-state index in [1.165, 1.54) is 83.7 Å². The molecular formula is C19H40ClNO. The zero-order chi connectivity index (χ0) is 15.3. The number of halogens is 1. The summed E-state index contributed by atoms with van der Waals surface area (Å²) in [5, 5.41) is 0. The molecule has 2 nitrogen and oxygen atoms in total. The maximum absolute atomic E-state index is 5.44. The van der Waals surface area contributed by atoms with E-state index in [-0.39, 0.29) is 12.4 Å². The van der Waals surface area contributed by atoms with Crippen molar-refractivity contribution in [3.05, 3.63) is 0 Å². The standard InChI is InChI=1S/C19H39NO.ClH/c1-4-7-8-9-10-11-12-13-14-15-18(16-19-17-21-19)20(5-2)6-3;/h18-19H,4-17H2,1-3H3;1H. The summed E-state index contributed by atoms with van der Waals surface area (Å²) in [4.78, 5) is 2.63. The van der Waals surface area contributed by atoms with E-state index >= 15 is 0 Å². The van der Waals surface area contributed by atoms with Crippen molar-refractivity contribution < 1.29 is 4.74 Å². The zero-order valence-corrected chi connectivity index (χ0v) is 16.1. The van der Waals surface area contributed by atoms with Gasteiger partial charge in [-0.15, -0.1) is 12.4 Å². The van der Waals surface area contributed by atoms with Crippen molar-refractivity contribution in [2.75, 3.05) is 19.7 Å². The molecule has 0 aromatic carbocycles. The highest BCUT2D eigenvalue weighted by Gasteiger charge is 2.28. The SMILES string of the molecule is CCCCCCCCCCCC(CC1CO1)N(CC)CC.Cl. The average Bonchev–Trinajstić information content (AvgIpc) is 3.30. The molecule has 0 aliphatic carbocycles. The Balaban J connectivity index is 0.00000441. The van der Waals surface area contributed by atoms with E-state index in [1.807, 2.05) is 0 Å². The van der Waals surface area contributed by atoms with Gasteiger partial charge in [-0.1, -0.05) is 78.6 Å². The van der Waals surface area contributed by atoms with Crippen molar-refractivity contribution >= 4 is 12.4 Å². The second-order valence-corrected chi connectivity index (χ2v) is 6.68. The normalized spacial score (nSPS) is 18.3. The quantitative estimate of drug-likeness (QED) is 0.277. The number of hydrogen-bond acceptors (Lipinski definition) is 2. The molecule has 2 unspecified atom stereocenters. The summed E-state index contributed by atoms with van der Waals surface area (Å²) in [6.07, 6.45) is 16.1. The summed E-state index contributed by atoms with van der Waals surface area (Å²) in [6, 6.07) is 0.761. The number of unbranched alkanes of at least 4 members (excludes halogenated alkanes) is 8. The van der Waals surface area contributed by atoms with Crippen LogP contribution in [0.3, 0.4) is 0 Å². The van der Waals surface area contributed by atoms with Crippen LogP contribution in [-0.4, -0.2) is 36.7 Å². The first-order valence-corrected chi connectivity index (χ1v) is 9.67. The van der Waals surface area contributed by atoms with Gasteiger partial charge in [-0.3, -0.25) is 0 Å². The summed E-state index contributed by atoms with van der Waals surface area (Å²) in [5.74, 6) is 0. The highest BCUT2D eigenvalue weighted by molar-refractivity contribution is 5.85. The fraction of sp³-hybridized carbons (Fsp3) is 1.00. The first-order chi connectivity index (χ1) is 10.3. The van der Waals surface area contributed by atoms with Gasteiger partial charge < -0.3 is 9.64 Å². The molecule has 1 rings (SSSR count). The molecule has 2 atom stereocenters. The Hall–Kier alpha value is 0.210. The van der Waals surface area contributed by atoms with E-state index in [9.17, 15) is 0 Å². The molecule has 0 aromatic rings. The molecule has 1 fully saturated rings. The summed E-state index contributed by atoms with van der Waals surface area (Å²) < 4.78 is 5.44. The highest BCUT2D eigenvalue weighted by Crippen LogP contribution is 2.23. The lowest BCUT2D eigenvalue weighted by molar-refractivity contribution is 0.179. The van der Waals surface area contributed by atoms with Gasteiger partial charge in [0.25, 0.3) is 0 Å². The van der Waals surface area contributed by atoms with Crippen LogP contribution in [0.1, 0.15) is 91.4 Å². The van der Waals surface area contributed by atoms with Crippen LogP contribution in [-0.2, 0) is 4.74 Å². The average molecular weight is 334 g/mol. The van der Waals surface area contributed by atoms with Crippen LogP contribution >= 0.6 is 12.4 Å².